The van der Waals surface area contributed by atoms with Gasteiger partial charge < -0.3 is 9.80 Å². The van der Waals surface area contributed by atoms with Gasteiger partial charge >= 0.3 is 0 Å². The molecule has 3 heterocycles. The van der Waals surface area contributed by atoms with Crippen LogP contribution in [0.2, 0.25) is 0 Å². The van der Waals surface area contributed by atoms with Gasteiger partial charge in [-0.3, -0.25) is 9.69 Å². The number of hydrogen-bond donors (Lipinski definition) is 0. The van der Waals surface area contributed by atoms with Crippen LogP contribution in [-0.2, 0) is 4.79 Å². The minimum atomic E-state index is -0.302. The Morgan fingerprint density at radius 2 is 1.70 bits per heavy atom. The molecule has 0 aliphatic carbocycles. The molecule has 0 saturated carbocycles. The number of rotatable bonds is 4. The van der Waals surface area contributed by atoms with Gasteiger partial charge in [-0.25, -0.2) is 4.39 Å². The van der Waals surface area contributed by atoms with Gasteiger partial charge in [0.1, 0.15) is 5.82 Å². The number of carbonyl (C=O) groups excluding carboxylic acids is 1. The summed E-state index contributed by atoms with van der Waals surface area (Å²) in [5.74, 6) is 0.437. The molecule has 5 heteroatoms. The van der Waals surface area contributed by atoms with Gasteiger partial charge in [0.2, 0.25) is 5.91 Å². The third-order valence-electron chi connectivity index (χ3n) is 6.53. The molecule has 1 aromatic carbocycles. The van der Waals surface area contributed by atoms with Crippen molar-refractivity contribution in [3.8, 4) is 0 Å². The van der Waals surface area contributed by atoms with Gasteiger partial charge in [-0.2, -0.15) is 0 Å². The summed E-state index contributed by atoms with van der Waals surface area (Å²) in [7, 11) is 0. The van der Waals surface area contributed by atoms with Crippen molar-refractivity contribution in [1.29, 1.82) is 0 Å². The Morgan fingerprint density at radius 1 is 0.926 bits per heavy atom. The molecule has 4 nitrogen and oxygen atoms in total. The summed E-state index contributed by atoms with van der Waals surface area (Å²) in [5.41, 5.74) is 0.433. The summed E-state index contributed by atoms with van der Waals surface area (Å²) < 4.78 is 14.1. The molecule has 0 spiro atoms. The van der Waals surface area contributed by atoms with Gasteiger partial charge in [0.15, 0.2) is 0 Å². The van der Waals surface area contributed by atoms with Crippen LogP contribution in [0.15, 0.2) is 24.3 Å². The minimum Gasteiger partial charge on any atom is -0.308 e. The Balaban J connectivity index is 1.37. The molecule has 1 aromatic rings. The lowest BCUT2D eigenvalue weighted by atomic mass is 9.95. The summed E-state index contributed by atoms with van der Waals surface area (Å²) in [6.07, 6.45) is 8.65. The predicted molar refractivity (Wildman–Crippen MR) is 106 cm³/mol. The molecule has 148 valence electrons. The first-order valence-corrected chi connectivity index (χ1v) is 10.7. The van der Waals surface area contributed by atoms with E-state index in [2.05, 4.69) is 9.80 Å². The first kappa shape index (κ1) is 18.9. The molecule has 3 aliphatic heterocycles. The molecule has 4 rings (SSSR count). The highest BCUT2D eigenvalue weighted by Gasteiger charge is 2.39. The Morgan fingerprint density at radius 3 is 2.48 bits per heavy atom. The van der Waals surface area contributed by atoms with Gasteiger partial charge in [0, 0.05) is 19.6 Å². The van der Waals surface area contributed by atoms with E-state index in [4.69, 9.17) is 0 Å². The number of piperidine rings is 1. The van der Waals surface area contributed by atoms with E-state index in [1.165, 1.54) is 64.2 Å². The Kier molecular flexibility index (Phi) is 6.08. The number of carbonyl (C=O) groups is 1. The second-order valence-electron chi connectivity index (χ2n) is 8.46. The summed E-state index contributed by atoms with van der Waals surface area (Å²) in [5, 5.41) is 0. The highest BCUT2D eigenvalue weighted by Crippen LogP contribution is 2.29. The molecule has 0 radical (unpaired) electrons. The van der Waals surface area contributed by atoms with Crippen LogP contribution in [0.1, 0.15) is 44.9 Å². The fourth-order valence-electron chi connectivity index (χ4n) is 5.13. The zero-order valence-corrected chi connectivity index (χ0v) is 16.3. The van der Waals surface area contributed by atoms with E-state index >= 15 is 0 Å². The van der Waals surface area contributed by atoms with Crippen LogP contribution in [0, 0.1) is 11.7 Å². The molecule has 3 aliphatic rings. The van der Waals surface area contributed by atoms with Crippen LogP contribution >= 0.6 is 0 Å². The van der Waals surface area contributed by atoms with Crippen LogP contribution in [0.25, 0.3) is 0 Å². The normalized spacial score (nSPS) is 28.5. The predicted octanol–water partition coefficient (Wildman–Crippen LogP) is 3.52. The summed E-state index contributed by atoms with van der Waals surface area (Å²) in [4.78, 5) is 19.7. The number of halogens is 1. The van der Waals surface area contributed by atoms with Crippen LogP contribution in [0.5, 0.6) is 0 Å². The largest absolute Gasteiger partial charge is 0.308 e. The Labute approximate surface area is 162 Å². The fraction of sp³-hybridized carbons (Fsp3) is 0.682. The van der Waals surface area contributed by atoms with Crippen molar-refractivity contribution in [3.05, 3.63) is 30.1 Å². The maximum absolute atomic E-state index is 14.1. The van der Waals surface area contributed by atoms with Gasteiger partial charge in [-0.05, 0) is 69.8 Å². The smallest absolute Gasteiger partial charge is 0.244 e. The number of benzene rings is 1. The molecule has 3 fully saturated rings. The zero-order valence-electron chi connectivity index (χ0n) is 16.3. The molecule has 0 aromatic heterocycles. The lowest BCUT2D eigenvalue weighted by Gasteiger charge is -2.38. The number of nitrogens with zero attached hydrogens (tertiary/aromatic N) is 3. The van der Waals surface area contributed by atoms with Crippen molar-refractivity contribution in [2.45, 2.75) is 51.0 Å². The van der Waals surface area contributed by atoms with E-state index in [-0.39, 0.29) is 17.8 Å². The molecular formula is C22H32FN3O. The van der Waals surface area contributed by atoms with Crippen molar-refractivity contribution in [1.82, 2.24) is 9.80 Å². The van der Waals surface area contributed by atoms with Crippen molar-refractivity contribution in [2.24, 2.45) is 5.92 Å². The van der Waals surface area contributed by atoms with Crippen LogP contribution in [0.4, 0.5) is 10.1 Å². The van der Waals surface area contributed by atoms with E-state index < -0.39 is 0 Å². The second-order valence-corrected chi connectivity index (χ2v) is 8.46. The monoisotopic (exact) mass is 373 g/mol. The van der Waals surface area contributed by atoms with E-state index in [9.17, 15) is 9.18 Å². The molecule has 3 saturated heterocycles. The fourth-order valence-corrected chi connectivity index (χ4v) is 5.13. The highest BCUT2D eigenvalue weighted by atomic mass is 19.1. The lowest BCUT2D eigenvalue weighted by molar-refractivity contribution is -0.122. The van der Waals surface area contributed by atoms with Crippen molar-refractivity contribution >= 4 is 11.6 Å². The van der Waals surface area contributed by atoms with Crippen LogP contribution in [0.3, 0.4) is 0 Å². The Bertz CT molecular complexity index is 644. The Hall–Kier alpha value is -1.46. The molecule has 2 unspecified atom stereocenters. The van der Waals surface area contributed by atoms with Crippen LogP contribution in [-0.4, -0.2) is 61.0 Å². The number of likely N-dealkylation sites (tertiary alicyclic amines) is 2. The maximum Gasteiger partial charge on any atom is 0.244 e. The van der Waals surface area contributed by atoms with Crippen molar-refractivity contribution < 1.29 is 9.18 Å². The summed E-state index contributed by atoms with van der Waals surface area (Å²) in [6, 6.07) is 6.56. The maximum atomic E-state index is 14.1. The average molecular weight is 374 g/mol. The second kappa shape index (κ2) is 8.70. The first-order valence-electron chi connectivity index (χ1n) is 10.7. The third-order valence-corrected chi connectivity index (χ3v) is 6.53. The van der Waals surface area contributed by atoms with E-state index in [1.54, 1.807) is 23.1 Å². The lowest BCUT2D eigenvalue weighted by Crippen LogP contribution is -2.48. The van der Waals surface area contributed by atoms with Gasteiger partial charge in [-0.1, -0.05) is 25.0 Å². The summed E-state index contributed by atoms with van der Waals surface area (Å²) in [6.45, 7) is 6.28. The van der Waals surface area contributed by atoms with Gasteiger partial charge in [-0.15, -0.1) is 0 Å². The highest BCUT2D eigenvalue weighted by molar-refractivity contribution is 5.99. The molecule has 2 atom stereocenters. The van der Waals surface area contributed by atoms with Crippen LogP contribution < -0.4 is 4.90 Å². The molecule has 1 amide bonds. The number of amides is 1. The summed E-state index contributed by atoms with van der Waals surface area (Å²) >= 11 is 0. The van der Waals surface area contributed by atoms with Gasteiger partial charge in [0.25, 0.3) is 0 Å². The quantitative estimate of drug-likeness (QED) is 0.808. The van der Waals surface area contributed by atoms with E-state index in [0.717, 1.165) is 19.5 Å². The molecule has 0 bridgehead atoms. The van der Waals surface area contributed by atoms with Crippen molar-refractivity contribution in [3.63, 3.8) is 0 Å². The SMILES string of the molecule is O=C1C(N2CCCC(CN3CCCCCC3)C2)CCN1c1ccccc1F. The molecule has 27 heavy (non-hydrogen) atoms. The standard InChI is InChI=1S/C22H32FN3O/c23-19-9-3-4-10-20(19)26-15-11-21(22(26)27)25-14-7-8-18(17-25)16-24-12-5-1-2-6-13-24/h3-4,9-10,18,21H,1-2,5-8,11-17H2. The number of para-hydroxylation sites is 1. The van der Waals surface area contributed by atoms with Gasteiger partial charge in [0.05, 0.1) is 11.7 Å². The van der Waals surface area contributed by atoms with E-state index in [1.807, 2.05) is 0 Å². The molecular weight excluding hydrogens is 341 g/mol. The third kappa shape index (κ3) is 4.35. The number of anilines is 1. The van der Waals surface area contributed by atoms with E-state index in [0.29, 0.717) is 18.2 Å². The average Bonchev–Trinajstić information content (AvgIpc) is 2.88. The molecule has 0 N–H and O–H groups in total. The van der Waals surface area contributed by atoms with Crippen molar-refractivity contribution in [2.75, 3.05) is 44.2 Å². The minimum absolute atomic E-state index is 0.0726. The topological polar surface area (TPSA) is 26.8 Å². The first-order chi connectivity index (χ1) is 13.2. The zero-order chi connectivity index (χ0) is 18.6. The number of hydrogen-bond acceptors (Lipinski definition) is 3.